The molecule has 5 nitrogen and oxygen atoms in total. The van der Waals surface area contributed by atoms with E-state index < -0.39 is 0 Å². The van der Waals surface area contributed by atoms with Gasteiger partial charge in [-0.1, -0.05) is 6.07 Å². The molecule has 0 bridgehead atoms. The van der Waals surface area contributed by atoms with Gasteiger partial charge in [0.15, 0.2) is 0 Å². The summed E-state index contributed by atoms with van der Waals surface area (Å²) in [5.74, 6) is 0.555. The fourth-order valence-corrected chi connectivity index (χ4v) is 4.79. The average molecular weight is 359 g/mol. The molecule has 2 saturated heterocycles. The normalized spacial score (nSPS) is 26.2. The maximum Gasteiger partial charge on any atom is 0.107 e. The van der Waals surface area contributed by atoms with Gasteiger partial charge in [0.05, 0.1) is 38.7 Å². The molecule has 0 unspecified atom stereocenters. The topological polar surface area (TPSA) is 47.5 Å². The van der Waals surface area contributed by atoms with Crippen LogP contribution in [0.4, 0.5) is 0 Å². The Kier molecular flexibility index (Phi) is 4.86. The van der Waals surface area contributed by atoms with Crippen LogP contribution in [0.25, 0.3) is 0 Å². The lowest BCUT2D eigenvalue weighted by atomic mass is 9.82. The molecule has 2 fully saturated rings. The molecule has 0 aromatic carbocycles. The van der Waals surface area contributed by atoms with Crippen molar-refractivity contribution in [3.05, 3.63) is 45.7 Å². The zero-order valence-electron chi connectivity index (χ0n) is 14.9. The van der Waals surface area contributed by atoms with Crippen molar-refractivity contribution in [2.75, 3.05) is 32.9 Å². The summed E-state index contributed by atoms with van der Waals surface area (Å²) in [6.07, 6.45) is 0. The van der Waals surface area contributed by atoms with Crippen molar-refractivity contribution in [1.29, 1.82) is 0 Å². The van der Waals surface area contributed by atoms with Gasteiger partial charge >= 0.3 is 0 Å². The van der Waals surface area contributed by atoms with Crippen LogP contribution in [-0.2, 0) is 22.6 Å². The van der Waals surface area contributed by atoms with E-state index in [1.54, 1.807) is 11.3 Å². The van der Waals surface area contributed by atoms with Gasteiger partial charge in [-0.3, -0.25) is 9.88 Å². The summed E-state index contributed by atoms with van der Waals surface area (Å²) < 4.78 is 11.9. The minimum absolute atomic E-state index is 0.121. The lowest BCUT2D eigenvalue weighted by Crippen LogP contribution is -2.35. The summed E-state index contributed by atoms with van der Waals surface area (Å²) >= 11 is 1.76. The third-order valence-corrected chi connectivity index (χ3v) is 6.15. The maximum absolute atomic E-state index is 6.08. The molecule has 6 heteroatoms. The monoisotopic (exact) mass is 359 g/mol. The number of rotatable bonds is 6. The van der Waals surface area contributed by atoms with Gasteiger partial charge in [0.25, 0.3) is 0 Å². The Morgan fingerprint density at radius 2 is 2.24 bits per heavy atom. The van der Waals surface area contributed by atoms with Crippen molar-refractivity contribution in [3.63, 3.8) is 0 Å². The summed E-state index contributed by atoms with van der Waals surface area (Å²) in [6.45, 7) is 10.1. The van der Waals surface area contributed by atoms with E-state index in [0.717, 1.165) is 56.5 Å². The van der Waals surface area contributed by atoms with Crippen LogP contribution in [0.5, 0.6) is 0 Å². The summed E-state index contributed by atoms with van der Waals surface area (Å²) in [5, 5.41) is 3.33. The van der Waals surface area contributed by atoms with E-state index in [1.807, 2.05) is 25.1 Å². The second kappa shape index (κ2) is 7.11. The maximum atomic E-state index is 6.08. The molecule has 0 spiro atoms. The number of nitrogens with zero attached hydrogens (tertiary/aromatic N) is 3. The Labute approximate surface area is 153 Å². The summed E-state index contributed by atoms with van der Waals surface area (Å²) in [6, 6.07) is 6.07. The molecule has 0 N–H and O–H groups in total. The van der Waals surface area contributed by atoms with Crippen LogP contribution in [0.2, 0.25) is 0 Å². The van der Waals surface area contributed by atoms with Gasteiger partial charge in [-0.25, -0.2) is 4.98 Å². The van der Waals surface area contributed by atoms with E-state index in [1.165, 1.54) is 5.01 Å². The standard InChI is InChI=1S/C19H25N3O2S/c1-14-4-3-5-17(20-14)9-24-13-19-11-22(6-16(19)8-23-12-19)7-18-21-15(2)10-25-18/h3-5,10,16H,6-9,11-13H2,1-2H3/t16-,19+/m1/s1. The van der Waals surface area contributed by atoms with Gasteiger partial charge in [0.2, 0.25) is 0 Å². The Bertz CT molecular complexity index is 735. The van der Waals surface area contributed by atoms with Gasteiger partial charge in [0, 0.05) is 41.2 Å². The van der Waals surface area contributed by atoms with E-state index in [4.69, 9.17) is 9.47 Å². The highest BCUT2D eigenvalue weighted by atomic mass is 32.1. The number of aromatic nitrogens is 2. The van der Waals surface area contributed by atoms with Crippen LogP contribution >= 0.6 is 11.3 Å². The fraction of sp³-hybridized carbons (Fsp3) is 0.579. The molecule has 2 aromatic rings. The molecular weight excluding hydrogens is 334 g/mol. The van der Waals surface area contributed by atoms with E-state index in [9.17, 15) is 0 Å². The van der Waals surface area contributed by atoms with Crippen molar-refractivity contribution in [3.8, 4) is 0 Å². The number of fused-ring (bicyclic) bond motifs is 1. The third-order valence-electron chi connectivity index (χ3n) is 5.20. The van der Waals surface area contributed by atoms with Crippen LogP contribution in [0.3, 0.4) is 0 Å². The van der Waals surface area contributed by atoms with E-state index in [-0.39, 0.29) is 5.41 Å². The number of ether oxygens (including phenoxy) is 2. The molecule has 0 saturated carbocycles. The minimum atomic E-state index is 0.121. The largest absolute Gasteiger partial charge is 0.380 e. The highest BCUT2D eigenvalue weighted by molar-refractivity contribution is 7.09. The van der Waals surface area contributed by atoms with Crippen LogP contribution in [-0.4, -0.2) is 47.8 Å². The highest BCUT2D eigenvalue weighted by Crippen LogP contribution is 2.42. The summed E-state index contributed by atoms with van der Waals surface area (Å²) in [4.78, 5) is 11.6. The van der Waals surface area contributed by atoms with Gasteiger partial charge in [0.1, 0.15) is 5.01 Å². The van der Waals surface area contributed by atoms with Gasteiger partial charge in [-0.05, 0) is 26.0 Å². The smallest absolute Gasteiger partial charge is 0.107 e. The predicted octanol–water partition coefficient (Wildman–Crippen LogP) is 2.82. The van der Waals surface area contributed by atoms with Gasteiger partial charge < -0.3 is 9.47 Å². The molecule has 2 aliphatic rings. The predicted molar refractivity (Wildman–Crippen MR) is 97.5 cm³/mol. The zero-order valence-corrected chi connectivity index (χ0v) is 15.7. The number of pyridine rings is 1. The highest BCUT2D eigenvalue weighted by Gasteiger charge is 2.50. The Balaban J connectivity index is 1.36. The average Bonchev–Trinajstić information content (AvgIpc) is 3.22. The number of hydrogen-bond acceptors (Lipinski definition) is 6. The molecular formula is C19H25N3O2S. The van der Waals surface area contributed by atoms with E-state index >= 15 is 0 Å². The van der Waals surface area contributed by atoms with Gasteiger partial charge in [-0.2, -0.15) is 0 Å². The fourth-order valence-electron chi connectivity index (χ4n) is 3.97. The SMILES string of the molecule is Cc1cccc(COC[C@]23COC[C@H]2CN(Cc2nc(C)cs2)C3)n1. The quantitative estimate of drug-likeness (QED) is 0.794. The Morgan fingerprint density at radius 3 is 3.04 bits per heavy atom. The van der Waals surface area contributed by atoms with E-state index in [2.05, 4.69) is 27.2 Å². The molecule has 134 valence electrons. The van der Waals surface area contributed by atoms with Crippen molar-refractivity contribution < 1.29 is 9.47 Å². The summed E-state index contributed by atoms with van der Waals surface area (Å²) in [7, 11) is 0. The molecule has 0 amide bonds. The van der Waals surface area contributed by atoms with Crippen molar-refractivity contribution in [1.82, 2.24) is 14.9 Å². The minimum Gasteiger partial charge on any atom is -0.380 e. The molecule has 2 atom stereocenters. The first-order valence-corrected chi connectivity index (χ1v) is 9.72. The molecule has 4 heterocycles. The van der Waals surface area contributed by atoms with Crippen LogP contribution in [0.15, 0.2) is 23.6 Å². The Morgan fingerprint density at radius 1 is 1.32 bits per heavy atom. The molecule has 25 heavy (non-hydrogen) atoms. The number of likely N-dealkylation sites (tertiary alicyclic amines) is 1. The zero-order chi connectivity index (χ0) is 17.3. The molecule has 0 radical (unpaired) electrons. The molecule has 2 aromatic heterocycles. The lowest BCUT2D eigenvalue weighted by molar-refractivity contribution is 0.0171. The van der Waals surface area contributed by atoms with Crippen molar-refractivity contribution in [2.24, 2.45) is 11.3 Å². The van der Waals surface area contributed by atoms with Gasteiger partial charge in [-0.15, -0.1) is 11.3 Å². The first-order chi connectivity index (χ1) is 12.1. The molecule has 4 rings (SSSR count). The van der Waals surface area contributed by atoms with Crippen molar-refractivity contribution in [2.45, 2.75) is 27.0 Å². The Hall–Kier alpha value is -1.34. The lowest BCUT2D eigenvalue weighted by Gasteiger charge is -2.27. The summed E-state index contributed by atoms with van der Waals surface area (Å²) in [5.41, 5.74) is 3.27. The van der Waals surface area contributed by atoms with E-state index in [0.29, 0.717) is 12.5 Å². The second-order valence-corrected chi connectivity index (χ2v) is 8.33. The van der Waals surface area contributed by atoms with Crippen molar-refractivity contribution >= 4 is 11.3 Å². The van der Waals surface area contributed by atoms with Crippen LogP contribution in [0.1, 0.15) is 22.1 Å². The first-order valence-electron chi connectivity index (χ1n) is 8.84. The second-order valence-electron chi connectivity index (χ2n) is 7.39. The number of aryl methyl sites for hydroxylation is 2. The number of hydrogen-bond donors (Lipinski definition) is 0. The number of thiazole rings is 1. The third kappa shape index (κ3) is 3.77. The molecule has 0 aliphatic carbocycles. The molecule has 2 aliphatic heterocycles. The van der Waals surface area contributed by atoms with Crippen LogP contribution in [0, 0.1) is 25.2 Å². The first kappa shape index (κ1) is 17.1. The van der Waals surface area contributed by atoms with Crippen LogP contribution < -0.4 is 0 Å².